The van der Waals surface area contributed by atoms with Gasteiger partial charge in [-0.3, -0.25) is 9.48 Å². The summed E-state index contributed by atoms with van der Waals surface area (Å²) in [6, 6.07) is 6.65. The van der Waals surface area contributed by atoms with Crippen LogP contribution in [0.2, 0.25) is 0 Å². The Balaban J connectivity index is 1.99. The number of amides is 3. The lowest BCUT2D eigenvalue weighted by molar-refractivity contribution is -0.115. The van der Waals surface area contributed by atoms with Gasteiger partial charge >= 0.3 is 6.03 Å². The molecular formula is C16H21N5O2. The highest BCUT2D eigenvalue weighted by molar-refractivity contribution is 5.93. The fraction of sp³-hybridized carbons (Fsp3) is 0.312. The first kappa shape index (κ1) is 16.5. The van der Waals surface area contributed by atoms with Gasteiger partial charge in [-0.25, -0.2) is 4.79 Å². The van der Waals surface area contributed by atoms with Crippen LogP contribution < -0.4 is 16.0 Å². The third-order valence-electron chi connectivity index (χ3n) is 3.65. The van der Waals surface area contributed by atoms with Gasteiger partial charge in [0.05, 0.1) is 12.1 Å². The zero-order chi connectivity index (χ0) is 17.0. The van der Waals surface area contributed by atoms with Crippen molar-refractivity contribution in [3.63, 3.8) is 0 Å². The van der Waals surface area contributed by atoms with E-state index >= 15 is 0 Å². The zero-order valence-electron chi connectivity index (χ0n) is 13.7. The minimum Gasteiger partial charge on any atom is -0.341 e. The number of rotatable bonds is 4. The Bertz CT molecular complexity index is 719. The van der Waals surface area contributed by atoms with E-state index in [4.69, 9.17) is 0 Å². The molecule has 0 unspecified atom stereocenters. The summed E-state index contributed by atoms with van der Waals surface area (Å²) in [6.45, 7) is 3.84. The normalized spacial score (nSPS) is 10.3. The lowest BCUT2D eigenvalue weighted by atomic mass is 10.1. The molecule has 2 rings (SSSR count). The highest BCUT2D eigenvalue weighted by atomic mass is 16.2. The molecule has 7 nitrogen and oxygen atoms in total. The van der Waals surface area contributed by atoms with Gasteiger partial charge in [0.15, 0.2) is 0 Å². The first-order chi connectivity index (χ1) is 10.9. The van der Waals surface area contributed by atoms with Crippen molar-refractivity contribution in [1.29, 1.82) is 0 Å². The van der Waals surface area contributed by atoms with Gasteiger partial charge in [0.1, 0.15) is 0 Å². The highest BCUT2D eigenvalue weighted by Gasteiger charge is 2.13. The summed E-state index contributed by atoms with van der Waals surface area (Å²) in [4.78, 5) is 23.4. The number of benzene rings is 1. The Labute approximate surface area is 135 Å². The molecule has 23 heavy (non-hydrogen) atoms. The van der Waals surface area contributed by atoms with Gasteiger partial charge in [0, 0.05) is 36.7 Å². The molecule has 0 radical (unpaired) electrons. The van der Waals surface area contributed by atoms with E-state index in [0.29, 0.717) is 11.4 Å². The molecule has 2 aromatic rings. The van der Waals surface area contributed by atoms with Crippen LogP contribution in [0.3, 0.4) is 0 Å². The predicted octanol–water partition coefficient (Wildman–Crippen LogP) is 1.97. The number of nitrogens with one attached hydrogen (secondary N) is 3. The maximum atomic E-state index is 12.2. The van der Waals surface area contributed by atoms with Crippen molar-refractivity contribution in [2.24, 2.45) is 7.05 Å². The van der Waals surface area contributed by atoms with Gasteiger partial charge < -0.3 is 16.0 Å². The molecule has 0 saturated heterocycles. The molecule has 1 aromatic heterocycles. The summed E-state index contributed by atoms with van der Waals surface area (Å²) < 4.78 is 1.77. The SMILES string of the molecule is CNC(=O)Nc1ccc(NC(=O)Cc2c(C)nn(C)c2C)cc1. The summed E-state index contributed by atoms with van der Waals surface area (Å²) >= 11 is 0. The molecule has 122 valence electrons. The van der Waals surface area contributed by atoms with Crippen LogP contribution in [-0.2, 0) is 18.3 Å². The summed E-state index contributed by atoms with van der Waals surface area (Å²) in [5.41, 5.74) is 4.13. The molecule has 1 heterocycles. The third kappa shape index (κ3) is 4.09. The fourth-order valence-electron chi connectivity index (χ4n) is 2.27. The molecule has 7 heteroatoms. The van der Waals surface area contributed by atoms with E-state index in [1.165, 1.54) is 0 Å². The van der Waals surface area contributed by atoms with Gasteiger partial charge in [-0.2, -0.15) is 5.10 Å². The van der Waals surface area contributed by atoms with Crippen molar-refractivity contribution in [2.75, 3.05) is 17.7 Å². The molecule has 0 aliphatic rings. The van der Waals surface area contributed by atoms with E-state index in [-0.39, 0.29) is 18.4 Å². The van der Waals surface area contributed by atoms with Crippen LogP contribution in [0.25, 0.3) is 0 Å². The van der Waals surface area contributed by atoms with E-state index < -0.39 is 0 Å². The first-order valence-electron chi connectivity index (χ1n) is 7.28. The fourth-order valence-corrected chi connectivity index (χ4v) is 2.27. The van der Waals surface area contributed by atoms with E-state index in [1.807, 2.05) is 20.9 Å². The molecule has 3 N–H and O–H groups in total. The number of hydrogen-bond donors (Lipinski definition) is 3. The van der Waals surface area contributed by atoms with Crippen molar-refractivity contribution in [3.8, 4) is 0 Å². The highest BCUT2D eigenvalue weighted by Crippen LogP contribution is 2.16. The maximum absolute atomic E-state index is 12.2. The van der Waals surface area contributed by atoms with Crippen molar-refractivity contribution in [2.45, 2.75) is 20.3 Å². The second kappa shape index (κ2) is 6.95. The standard InChI is InChI=1S/C16H21N5O2/c1-10-14(11(2)21(4)20-10)9-15(22)18-12-5-7-13(8-6-12)19-16(23)17-3/h5-8H,9H2,1-4H3,(H,18,22)(H2,17,19,23). The van der Waals surface area contributed by atoms with E-state index in [2.05, 4.69) is 21.0 Å². The number of urea groups is 1. The first-order valence-corrected chi connectivity index (χ1v) is 7.28. The van der Waals surface area contributed by atoms with Gasteiger partial charge in [-0.05, 0) is 38.1 Å². The van der Waals surface area contributed by atoms with Gasteiger partial charge in [-0.1, -0.05) is 0 Å². The van der Waals surface area contributed by atoms with Crippen LogP contribution in [0.15, 0.2) is 24.3 Å². The summed E-state index contributed by atoms with van der Waals surface area (Å²) in [5, 5.41) is 12.3. The predicted molar refractivity (Wildman–Crippen MR) is 89.5 cm³/mol. The Morgan fingerprint density at radius 1 is 1.09 bits per heavy atom. The number of nitrogens with zero attached hydrogens (tertiary/aromatic N) is 2. The number of hydrogen-bond acceptors (Lipinski definition) is 3. The van der Waals surface area contributed by atoms with Crippen molar-refractivity contribution in [3.05, 3.63) is 41.2 Å². The van der Waals surface area contributed by atoms with E-state index in [9.17, 15) is 9.59 Å². The number of aromatic nitrogens is 2. The molecule has 0 atom stereocenters. The third-order valence-corrected chi connectivity index (χ3v) is 3.65. The molecule has 0 spiro atoms. The summed E-state index contributed by atoms with van der Waals surface area (Å²) in [6.07, 6.45) is 0.281. The number of anilines is 2. The lowest BCUT2D eigenvalue weighted by Crippen LogP contribution is -2.24. The van der Waals surface area contributed by atoms with Crippen LogP contribution in [0, 0.1) is 13.8 Å². The summed E-state index contributed by atoms with van der Waals surface area (Å²) in [7, 11) is 3.41. The van der Waals surface area contributed by atoms with Gasteiger partial charge in [-0.15, -0.1) is 0 Å². The smallest absolute Gasteiger partial charge is 0.318 e. The van der Waals surface area contributed by atoms with Crippen LogP contribution >= 0.6 is 0 Å². The second-order valence-corrected chi connectivity index (χ2v) is 5.28. The van der Waals surface area contributed by atoms with E-state index in [1.54, 1.807) is 36.0 Å². The van der Waals surface area contributed by atoms with Crippen LogP contribution in [0.4, 0.5) is 16.2 Å². The average Bonchev–Trinajstić information content (AvgIpc) is 2.75. The monoisotopic (exact) mass is 315 g/mol. The Kier molecular flexibility index (Phi) is 5.00. The topological polar surface area (TPSA) is 88.1 Å². The molecule has 1 aromatic carbocycles. The molecule has 0 bridgehead atoms. The Morgan fingerprint density at radius 2 is 1.65 bits per heavy atom. The Hall–Kier alpha value is -2.83. The van der Waals surface area contributed by atoms with Crippen molar-refractivity contribution < 1.29 is 9.59 Å². The minimum atomic E-state index is -0.288. The average molecular weight is 315 g/mol. The molecule has 0 aliphatic carbocycles. The maximum Gasteiger partial charge on any atom is 0.318 e. The molecule has 0 saturated carbocycles. The molecule has 3 amide bonds. The van der Waals surface area contributed by atoms with E-state index in [0.717, 1.165) is 17.0 Å². The zero-order valence-corrected chi connectivity index (χ0v) is 13.7. The molecule has 0 aliphatic heterocycles. The second-order valence-electron chi connectivity index (χ2n) is 5.28. The molecular weight excluding hydrogens is 294 g/mol. The quantitative estimate of drug-likeness (QED) is 0.806. The van der Waals surface area contributed by atoms with Gasteiger partial charge in [0.25, 0.3) is 0 Å². The minimum absolute atomic E-state index is 0.101. The Morgan fingerprint density at radius 3 is 2.13 bits per heavy atom. The summed E-state index contributed by atoms with van der Waals surface area (Å²) in [5.74, 6) is -0.101. The van der Waals surface area contributed by atoms with Crippen LogP contribution in [0.5, 0.6) is 0 Å². The van der Waals surface area contributed by atoms with Crippen molar-refractivity contribution >= 4 is 23.3 Å². The van der Waals surface area contributed by atoms with Gasteiger partial charge in [0.2, 0.25) is 5.91 Å². The largest absolute Gasteiger partial charge is 0.341 e. The van der Waals surface area contributed by atoms with Crippen LogP contribution in [-0.4, -0.2) is 28.8 Å². The molecule has 0 fully saturated rings. The number of carbonyl (C=O) groups is 2. The lowest BCUT2D eigenvalue weighted by Gasteiger charge is -2.08. The number of carbonyl (C=O) groups excluding carboxylic acids is 2. The van der Waals surface area contributed by atoms with Crippen LogP contribution in [0.1, 0.15) is 17.0 Å². The van der Waals surface area contributed by atoms with Crippen molar-refractivity contribution in [1.82, 2.24) is 15.1 Å². The number of aryl methyl sites for hydroxylation is 2.